The van der Waals surface area contributed by atoms with Gasteiger partial charge in [-0.15, -0.1) is 0 Å². The van der Waals surface area contributed by atoms with Gasteiger partial charge in [0.1, 0.15) is 5.82 Å². The van der Waals surface area contributed by atoms with Crippen LogP contribution in [0.25, 0.3) is 11.0 Å². The van der Waals surface area contributed by atoms with E-state index in [2.05, 4.69) is 10.3 Å². The molecule has 0 radical (unpaired) electrons. The molecule has 3 aromatic rings. The Hall–Kier alpha value is -2.36. The van der Waals surface area contributed by atoms with Crippen molar-refractivity contribution in [3.8, 4) is 0 Å². The molecule has 0 saturated heterocycles. The Balaban J connectivity index is 2.09. The molecule has 1 N–H and O–H groups in total. The standard InChI is InChI=1S/C16H16FN3/c1-2-18-16-19-14-9-5-6-10-15(14)20(16)11-12-7-3-4-8-13(12)17/h3-10H,2,11H2,1H3,(H,18,19). The van der Waals surface area contributed by atoms with Crippen molar-refractivity contribution in [2.75, 3.05) is 11.9 Å². The van der Waals surface area contributed by atoms with E-state index in [0.717, 1.165) is 23.5 Å². The summed E-state index contributed by atoms with van der Waals surface area (Å²) in [6.45, 7) is 3.27. The molecule has 0 unspecified atom stereocenters. The first-order chi connectivity index (χ1) is 9.79. The van der Waals surface area contributed by atoms with Crippen molar-refractivity contribution in [2.24, 2.45) is 0 Å². The van der Waals surface area contributed by atoms with E-state index in [1.807, 2.05) is 41.8 Å². The Kier molecular flexibility index (Phi) is 3.37. The molecule has 0 saturated carbocycles. The van der Waals surface area contributed by atoms with E-state index < -0.39 is 0 Å². The van der Waals surface area contributed by atoms with Crippen molar-refractivity contribution >= 4 is 17.0 Å². The highest BCUT2D eigenvalue weighted by Gasteiger charge is 2.11. The van der Waals surface area contributed by atoms with Gasteiger partial charge < -0.3 is 9.88 Å². The minimum atomic E-state index is -0.187. The highest BCUT2D eigenvalue weighted by Crippen LogP contribution is 2.21. The van der Waals surface area contributed by atoms with Crippen molar-refractivity contribution in [3.63, 3.8) is 0 Å². The summed E-state index contributed by atoms with van der Waals surface area (Å²) in [7, 11) is 0. The molecule has 4 heteroatoms. The van der Waals surface area contributed by atoms with E-state index in [4.69, 9.17) is 0 Å². The third-order valence-corrected chi connectivity index (χ3v) is 3.28. The number of anilines is 1. The Bertz CT molecular complexity index is 733. The van der Waals surface area contributed by atoms with Gasteiger partial charge in [-0.2, -0.15) is 0 Å². The molecule has 0 atom stereocenters. The Morgan fingerprint density at radius 1 is 1.10 bits per heavy atom. The third kappa shape index (κ3) is 2.25. The number of benzene rings is 2. The van der Waals surface area contributed by atoms with Gasteiger partial charge >= 0.3 is 0 Å². The van der Waals surface area contributed by atoms with Crippen LogP contribution in [0, 0.1) is 5.82 Å². The molecule has 0 bridgehead atoms. The number of aromatic nitrogens is 2. The summed E-state index contributed by atoms with van der Waals surface area (Å²) in [6, 6.07) is 14.7. The first-order valence-corrected chi connectivity index (χ1v) is 6.72. The molecule has 0 aliphatic heterocycles. The molecule has 0 spiro atoms. The Labute approximate surface area is 117 Å². The van der Waals surface area contributed by atoms with Crippen molar-refractivity contribution in [3.05, 3.63) is 59.9 Å². The van der Waals surface area contributed by atoms with Crippen LogP contribution in [0.2, 0.25) is 0 Å². The van der Waals surface area contributed by atoms with Crippen LogP contribution in [-0.2, 0) is 6.54 Å². The Morgan fingerprint density at radius 3 is 2.65 bits per heavy atom. The van der Waals surface area contributed by atoms with Crippen molar-refractivity contribution < 1.29 is 4.39 Å². The fraction of sp³-hybridized carbons (Fsp3) is 0.188. The van der Waals surface area contributed by atoms with Gasteiger partial charge in [0.15, 0.2) is 0 Å². The molecule has 1 heterocycles. The molecular weight excluding hydrogens is 253 g/mol. The second-order valence-electron chi connectivity index (χ2n) is 4.63. The molecule has 0 amide bonds. The van der Waals surface area contributed by atoms with Gasteiger partial charge in [0.25, 0.3) is 0 Å². The lowest BCUT2D eigenvalue weighted by atomic mass is 10.2. The number of halogens is 1. The Morgan fingerprint density at radius 2 is 1.85 bits per heavy atom. The average molecular weight is 269 g/mol. The van der Waals surface area contributed by atoms with Crippen LogP contribution < -0.4 is 5.32 Å². The molecule has 2 aromatic carbocycles. The summed E-state index contributed by atoms with van der Waals surface area (Å²) in [5.41, 5.74) is 2.58. The summed E-state index contributed by atoms with van der Waals surface area (Å²) < 4.78 is 15.9. The lowest BCUT2D eigenvalue weighted by Crippen LogP contribution is -2.08. The van der Waals surface area contributed by atoms with Crippen LogP contribution in [0.15, 0.2) is 48.5 Å². The first-order valence-electron chi connectivity index (χ1n) is 6.72. The van der Waals surface area contributed by atoms with E-state index in [-0.39, 0.29) is 5.82 Å². The number of nitrogens with one attached hydrogen (secondary N) is 1. The summed E-state index contributed by atoms with van der Waals surface area (Å²) >= 11 is 0. The molecule has 3 nitrogen and oxygen atoms in total. The minimum Gasteiger partial charge on any atom is -0.356 e. The number of hydrogen-bond donors (Lipinski definition) is 1. The van der Waals surface area contributed by atoms with Gasteiger partial charge in [0.2, 0.25) is 5.95 Å². The van der Waals surface area contributed by atoms with Gasteiger partial charge in [0, 0.05) is 12.1 Å². The third-order valence-electron chi connectivity index (χ3n) is 3.28. The van der Waals surface area contributed by atoms with Crippen LogP contribution in [0.1, 0.15) is 12.5 Å². The number of fused-ring (bicyclic) bond motifs is 1. The molecule has 1 aromatic heterocycles. The SMILES string of the molecule is CCNc1nc2ccccc2n1Cc1ccccc1F. The van der Waals surface area contributed by atoms with E-state index in [0.29, 0.717) is 12.1 Å². The highest BCUT2D eigenvalue weighted by molar-refractivity contribution is 5.78. The maximum Gasteiger partial charge on any atom is 0.204 e. The second kappa shape index (κ2) is 5.33. The second-order valence-corrected chi connectivity index (χ2v) is 4.63. The normalized spacial score (nSPS) is 10.9. The summed E-state index contributed by atoms with van der Waals surface area (Å²) in [5.74, 6) is 0.588. The zero-order valence-electron chi connectivity index (χ0n) is 11.3. The minimum absolute atomic E-state index is 0.187. The van der Waals surface area contributed by atoms with E-state index in [1.54, 1.807) is 12.1 Å². The number of nitrogens with zero attached hydrogens (tertiary/aromatic N) is 2. The zero-order chi connectivity index (χ0) is 13.9. The van der Waals surface area contributed by atoms with Crippen LogP contribution in [0.4, 0.5) is 10.3 Å². The van der Waals surface area contributed by atoms with Crippen LogP contribution in [0.3, 0.4) is 0 Å². The molecule has 3 rings (SSSR count). The summed E-state index contributed by atoms with van der Waals surface area (Å²) in [6.07, 6.45) is 0. The molecule has 102 valence electrons. The predicted octanol–water partition coefficient (Wildman–Crippen LogP) is 3.66. The average Bonchev–Trinajstić information content (AvgIpc) is 2.80. The largest absolute Gasteiger partial charge is 0.356 e. The number of imidazole rings is 1. The monoisotopic (exact) mass is 269 g/mol. The van der Waals surface area contributed by atoms with Crippen molar-refractivity contribution in [1.82, 2.24) is 9.55 Å². The quantitative estimate of drug-likeness (QED) is 0.783. The lowest BCUT2D eigenvalue weighted by Gasteiger charge is -2.10. The molecule has 0 aliphatic rings. The van der Waals surface area contributed by atoms with Gasteiger partial charge in [-0.25, -0.2) is 9.37 Å². The summed E-state index contributed by atoms with van der Waals surface area (Å²) in [5, 5.41) is 3.23. The van der Waals surface area contributed by atoms with Crippen molar-refractivity contribution in [1.29, 1.82) is 0 Å². The number of rotatable bonds is 4. The first kappa shape index (κ1) is 12.7. The fourth-order valence-corrected chi connectivity index (χ4v) is 2.33. The smallest absolute Gasteiger partial charge is 0.204 e. The maximum atomic E-state index is 13.8. The topological polar surface area (TPSA) is 29.9 Å². The van der Waals surface area contributed by atoms with Gasteiger partial charge in [0.05, 0.1) is 17.6 Å². The molecular formula is C16H16FN3. The fourth-order valence-electron chi connectivity index (χ4n) is 2.33. The highest BCUT2D eigenvalue weighted by atomic mass is 19.1. The number of hydrogen-bond acceptors (Lipinski definition) is 2. The zero-order valence-corrected chi connectivity index (χ0v) is 11.3. The van der Waals surface area contributed by atoms with Gasteiger partial charge in [-0.1, -0.05) is 30.3 Å². The summed E-state index contributed by atoms with van der Waals surface area (Å²) in [4.78, 5) is 4.56. The molecule has 20 heavy (non-hydrogen) atoms. The van der Waals surface area contributed by atoms with Gasteiger partial charge in [-0.05, 0) is 25.1 Å². The van der Waals surface area contributed by atoms with Crippen LogP contribution in [0.5, 0.6) is 0 Å². The molecule has 0 aliphatic carbocycles. The van der Waals surface area contributed by atoms with E-state index >= 15 is 0 Å². The lowest BCUT2D eigenvalue weighted by molar-refractivity contribution is 0.602. The van der Waals surface area contributed by atoms with Crippen LogP contribution >= 0.6 is 0 Å². The van der Waals surface area contributed by atoms with Gasteiger partial charge in [-0.3, -0.25) is 0 Å². The van der Waals surface area contributed by atoms with E-state index in [1.165, 1.54) is 6.07 Å². The predicted molar refractivity (Wildman–Crippen MR) is 79.4 cm³/mol. The van der Waals surface area contributed by atoms with Crippen LogP contribution in [-0.4, -0.2) is 16.1 Å². The van der Waals surface area contributed by atoms with Crippen molar-refractivity contribution in [2.45, 2.75) is 13.5 Å². The number of para-hydroxylation sites is 2. The molecule has 0 fully saturated rings. The maximum absolute atomic E-state index is 13.8. The van der Waals surface area contributed by atoms with E-state index in [9.17, 15) is 4.39 Å².